The summed E-state index contributed by atoms with van der Waals surface area (Å²) in [7, 11) is 0. The van der Waals surface area contributed by atoms with Gasteiger partial charge in [-0.05, 0) is 95.9 Å². The summed E-state index contributed by atoms with van der Waals surface area (Å²) in [4.78, 5) is 0. The van der Waals surface area contributed by atoms with Crippen LogP contribution < -0.4 is 9.47 Å². The van der Waals surface area contributed by atoms with Crippen LogP contribution in [0.4, 0.5) is 26.3 Å². The Morgan fingerprint density at radius 3 is 1.21 bits per heavy atom. The van der Waals surface area contributed by atoms with Gasteiger partial charge in [0.15, 0.2) is 0 Å². The van der Waals surface area contributed by atoms with Crippen molar-refractivity contribution >= 4 is 50.5 Å². The number of ether oxygens (including phenoxy) is 2. The first kappa shape index (κ1) is 34.2. The molecule has 0 fully saturated rings. The highest BCUT2D eigenvalue weighted by Gasteiger charge is 2.72. The van der Waals surface area contributed by atoms with Gasteiger partial charge in [-0.15, -0.1) is 0 Å². The van der Waals surface area contributed by atoms with E-state index in [0.717, 1.165) is 24.3 Å². The molecule has 0 atom stereocenters. The van der Waals surface area contributed by atoms with Crippen molar-refractivity contribution in [2.75, 3.05) is 36.2 Å². The van der Waals surface area contributed by atoms with Gasteiger partial charge in [0.2, 0.25) is 5.41 Å². The van der Waals surface area contributed by atoms with Gasteiger partial charge < -0.3 is 9.47 Å². The van der Waals surface area contributed by atoms with Crippen LogP contribution in [0.5, 0.6) is 11.5 Å². The minimum Gasteiger partial charge on any atom is -0.493 e. The first-order chi connectivity index (χ1) is 18.5. The van der Waals surface area contributed by atoms with Crippen LogP contribution in [-0.2, 0) is 18.3 Å². The maximum atomic E-state index is 14.9. The average Bonchev–Trinajstić information content (AvgIpc) is 2.87. The molecule has 220 valence electrons. The van der Waals surface area contributed by atoms with Crippen molar-refractivity contribution in [2.24, 2.45) is 0 Å². The minimum atomic E-state index is -5.70. The van der Waals surface area contributed by atoms with E-state index in [0.29, 0.717) is 48.7 Å². The molecule has 0 radical (unpaired) electrons. The highest BCUT2D eigenvalue weighted by atomic mass is 32.1. The number of hydrogen-bond acceptors (Lipinski definition) is 6. The molecule has 2 aromatic rings. The first-order valence-electron chi connectivity index (χ1n) is 12.6. The number of aryl methyl sites for hydroxylation is 2. The van der Waals surface area contributed by atoms with Gasteiger partial charge in [-0.1, -0.05) is 24.3 Å². The smallest absolute Gasteiger partial charge is 0.411 e. The quantitative estimate of drug-likeness (QED) is 0.0850. The fourth-order valence-electron chi connectivity index (χ4n) is 4.31. The lowest BCUT2D eigenvalue weighted by atomic mass is 9.71. The molecule has 0 bridgehead atoms. The van der Waals surface area contributed by atoms with Gasteiger partial charge in [-0.25, -0.2) is 0 Å². The second kappa shape index (κ2) is 15.9. The molecule has 2 aromatic carbocycles. The molecule has 0 amide bonds. The summed E-state index contributed by atoms with van der Waals surface area (Å²) in [6, 6.07) is 6.09. The van der Waals surface area contributed by atoms with Crippen LogP contribution in [0.15, 0.2) is 36.4 Å². The van der Waals surface area contributed by atoms with Crippen molar-refractivity contribution < 1.29 is 35.8 Å². The van der Waals surface area contributed by atoms with Gasteiger partial charge in [-0.2, -0.15) is 76.9 Å². The molecule has 0 saturated carbocycles. The highest BCUT2D eigenvalue weighted by molar-refractivity contribution is 7.80. The number of hydrogen-bond donors (Lipinski definition) is 4. The van der Waals surface area contributed by atoms with E-state index in [2.05, 4.69) is 50.5 Å². The van der Waals surface area contributed by atoms with Crippen LogP contribution in [0.2, 0.25) is 0 Å². The predicted octanol–water partition coefficient (Wildman–Crippen LogP) is 8.22. The van der Waals surface area contributed by atoms with E-state index in [1.165, 1.54) is 12.1 Å². The SMILES string of the molecule is FC(F)(F)C(c1ccc(OCCCS)c(CCCS)c1)(c1ccc(OCCCS)c(CCCS)c1)C(F)(F)F. The van der Waals surface area contributed by atoms with Crippen LogP contribution in [0, 0.1) is 0 Å². The third kappa shape index (κ3) is 8.52. The number of halogens is 6. The van der Waals surface area contributed by atoms with Crippen molar-refractivity contribution in [3.05, 3.63) is 58.7 Å². The second-order valence-electron chi connectivity index (χ2n) is 8.90. The fraction of sp³-hybridized carbons (Fsp3) is 0.556. The highest BCUT2D eigenvalue weighted by Crippen LogP contribution is 2.57. The second-order valence-corrected chi connectivity index (χ2v) is 10.7. The van der Waals surface area contributed by atoms with Crippen LogP contribution >= 0.6 is 50.5 Å². The number of rotatable bonds is 16. The molecule has 0 aliphatic rings. The Hall–Kier alpha value is -0.980. The Bertz CT molecular complexity index is 949. The molecule has 0 aliphatic heterocycles. The Morgan fingerprint density at radius 1 is 0.538 bits per heavy atom. The number of thiol groups is 4. The molecule has 0 heterocycles. The standard InChI is InChI=1S/C27H34F6O2S4/c28-26(29,30)25(27(31,32)33,21-7-9-23(34-11-3-15-38)19(17-21)5-1-13-36)22-8-10-24(35-12-4-16-39)20(18-22)6-2-14-37/h7-10,17-18,36-39H,1-6,11-16H2. The largest absolute Gasteiger partial charge is 0.493 e. The summed E-state index contributed by atoms with van der Waals surface area (Å²) in [5.74, 6) is 2.38. The van der Waals surface area contributed by atoms with Crippen LogP contribution in [0.3, 0.4) is 0 Å². The summed E-state index contributed by atoms with van der Waals surface area (Å²) in [6.07, 6.45) is -8.92. The minimum absolute atomic E-state index is 0.213. The van der Waals surface area contributed by atoms with Gasteiger partial charge in [0.05, 0.1) is 13.2 Å². The van der Waals surface area contributed by atoms with Gasteiger partial charge >= 0.3 is 12.4 Å². The zero-order valence-electron chi connectivity index (χ0n) is 21.3. The topological polar surface area (TPSA) is 18.5 Å². The molecule has 0 unspecified atom stereocenters. The normalized spacial score (nSPS) is 12.6. The summed E-state index contributed by atoms with van der Waals surface area (Å²) < 4.78 is 101. The van der Waals surface area contributed by atoms with E-state index in [9.17, 15) is 26.3 Å². The monoisotopic (exact) mass is 632 g/mol. The molecule has 2 rings (SSSR count). The van der Waals surface area contributed by atoms with Gasteiger partial charge in [0.25, 0.3) is 0 Å². The molecule has 12 heteroatoms. The Morgan fingerprint density at radius 2 is 0.897 bits per heavy atom. The molecular formula is C27H34F6O2S4. The van der Waals surface area contributed by atoms with Crippen molar-refractivity contribution in [1.82, 2.24) is 0 Å². The fourth-order valence-corrected chi connectivity index (χ4v) is 4.89. The number of alkyl halides is 6. The Balaban J connectivity index is 2.79. The number of benzene rings is 2. The van der Waals surface area contributed by atoms with E-state index in [4.69, 9.17) is 9.47 Å². The zero-order valence-corrected chi connectivity index (χ0v) is 24.9. The molecule has 0 saturated heterocycles. The molecule has 0 spiro atoms. The van der Waals surface area contributed by atoms with Crippen molar-refractivity contribution in [2.45, 2.75) is 56.3 Å². The van der Waals surface area contributed by atoms with Gasteiger partial charge in [0.1, 0.15) is 11.5 Å². The van der Waals surface area contributed by atoms with Crippen LogP contribution in [0.25, 0.3) is 0 Å². The van der Waals surface area contributed by atoms with Crippen LogP contribution in [-0.4, -0.2) is 48.6 Å². The lowest BCUT2D eigenvalue weighted by molar-refractivity contribution is -0.288. The van der Waals surface area contributed by atoms with Crippen molar-refractivity contribution in [1.29, 1.82) is 0 Å². The third-order valence-corrected chi connectivity index (χ3v) is 7.43. The molecule has 0 aromatic heterocycles. The maximum absolute atomic E-state index is 14.9. The van der Waals surface area contributed by atoms with Crippen molar-refractivity contribution in [3.63, 3.8) is 0 Å². The summed E-state index contributed by atoms with van der Waals surface area (Å²) in [6.45, 7) is 0.479. The molecular weight excluding hydrogens is 599 g/mol. The lowest BCUT2D eigenvalue weighted by Gasteiger charge is -2.39. The van der Waals surface area contributed by atoms with E-state index < -0.39 is 28.9 Å². The summed E-state index contributed by atoms with van der Waals surface area (Å²) >= 11 is 16.5. The molecule has 39 heavy (non-hydrogen) atoms. The first-order valence-corrected chi connectivity index (χ1v) is 15.1. The van der Waals surface area contributed by atoms with Gasteiger partial charge in [0, 0.05) is 0 Å². The lowest BCUT2D eigenvalue weighted by Crippen LogP contribution is -2.54. The van der Waals surface area contributed by atoms with Crippen molar-refractivity contribution in [3.8, 4) is 11.5 Å². The maximum Gasteiger partial charge on any atom is 0.411 e. The zero-order chi connectivity index (χ0) is 29.1. The third-order valence-electron chi connectivity index (χ3n) is 6.17. The average molecular weight is 633 g/mol. The Kier molecular flexibility index (Phi) is 13.9. The molecule has 0 N–H and O–H groups in total. The Labute approximate surface area is 248 Å². The van der Waals surface area contributed by atoms with Gasteiger partial charge in [-0.3, -0.25) is 0 Å². The van der Waals surface area contributed by atoms with E-state index in [1.54, 1.807) is 0 Å². The predicted molar refractivity (Wildman–Crippen MR) is 158 cm³/mol. The van der Waals surface area contributed by atoms with E-state index >= 15 is 0 Å². The molecule has 0 aliphatic carbocycles. The van der Waals surface area contributed by atoms with E-state index in [-0.39, 0.29) is 48.7 Å². The van der Waals surface area contributed by atoms with E-state index in [1.807, 2.05) is 0 Å². The molecule has 2 nitrogen and oxygen atoms in total. The van der Waals surface area contributed by atoms with Crippen LogP contribution in [0.1, 0.15) is 47.9 Å². The summed E-state index contributed by atoms with van der Waals surface area (Å²) in [5, 5.41) is 0. The summed E-state index contributed by atoms with van der Waals surface area (Å²) in [5.41, 5.74) is -5.57.